The van der Waals surface area contributed by atoms with E-state index in [9.17, 15) is 4.39 Å². The van der Waals surface area contributed by atoms with Gasteiger partial charge in [-0.25, -0.2) is 4.39 Å². The zero-order valence-electron chi connectivity index (χ0n) is 7.37. The molecule has 0 aromatic heterocycles. The van der Waals surface area contributed by atoms with Gasteiger partial charge in [0.2, 0.25) is 0 Å². The summed E-state index contributed by atoms with van der Waals surface area (Å²) in [6.07, 6.45) is 0. The standard InChI is InChI=1S/C10H8FNOS/c11-8-1-3-9(4-2-8)14-10(5-12)6-13-7-10/h1-4H,6-7H2. The highest BCUT2D eigenvalue weighted by atomic mass is 32.2. The van der Waals surface area contributed by atoms with Gasteiger partial charge in [-0.2, -0.15) is 5.26 Å². The zero-order chi connectivity index (χ0) is 10.0. The van der Waals surface area contributed by atoms with E-state index in [1.165, 1.54) is 23.9 Å². The Morgan fingerprint density at radius 2 is 2.00 bits per heavy atom. The number of hydrogen-bond donors (Lipinski definition) is 0. The minimum Gasteiger partial charge on any atom is -0.376 e. The number of ether oxygens (including phenoxy) is 1. The molecule has 4 heteroatoms. The third-order valence-corrected chi connectivity index (χ3v) is 3.23. The van der Waals surface area contributed by atoms with Crippen LogP contribution in [-0.4, -0.2) is 18.0 Å². The molecule has 1 aromatic rings. The summed E-state index contributed by atoms with van der Waals surface area (Å²) >= 11 is 1.43. The van der Waals surface area contributed by atoms with Crippen molar-refractivity contribution in [3.8, 4) is 6.07 Å². The van der Waals surface area contributed by atoms with Crippen LogP contribution in [0, 0.1) is 17.1 Å². The van der Waals surface area contributed by atoms with Crippen LogP contribution in [0.25, 0.3) is 0 Å². The molecule has 0 amide bonds. The van der Waals surface area contributed by atoms with Crippen molar-refractivity contribution < 1.29 is 9.13 Å². The van der Waals surface area contributed by atoms with Gasteiger partial charge in [0.05, 0.1) is 19.3 Å². The molecular weight excluding hydrogens is 201 g/mol. The van der Waals surface area contributed by atoms with Gasteiger partial charge < -0.3 is 4.74 Å². The van der Waals surface area contributed by atoms with E-state index < -0.39 is 4.75 Å². The SMILES string of the molecule is N#CC1(Sc2ccc(F)cc2)COC1. The van der Waals surface area contributed by atoms with E-state index in [4.69, 9.17) is 10.00 Å². The lowest BCUT2D eigenvalue weighted by atomic mass is 10.1. The van der Waals surface area contributed by atoms with Crippen LogP contribution in [0.4, 0.5) is 4.39 Å². The number of nitrogens with zero attached hydrogens (tertiary/aromatic N) is 1. The largest absolute Gasteiger partial charge is 0.376 e. The molecule has 2 nitrogen and oxygen atoms in total. The number of rotatable bonds is 2. The van der Waals surface area contributed by atoms with Crippen molar-refractivity contribution in [1.82, 2.24) is 0 Å². The number of hydrogen-bond acceptors (Lipinski definition) is 3. The molecule has 1 heterocycles. The van der Waals surface area contributed by atoms with Crippen molar-refractivity contribution in [2.24, 2.45) is 0 Å². The fourth-order valence-corrected chi connectivity index (χ4v) is 2.22. The lowest BCUT2D eigenvalue weighted by molar-refractivity contribution is 0.0161. The predicted molar refractivity (Wildman–Crippen MR) is 51.4 cm³/mol. The summed E-state index contributed by atoms with van der Waals surface area (Å²) in [5.41, 5.74) is 0. The first kappa shape index (κ1) is 9.50. The number of nitriles is 1. The summed E-state index contributed by atoms with van der Waals surface area (Å²) in [5, 5.41) is 8.93. The van der Waals surface area contributed by atoms with Crippen LogP contribution in [0.1, 0.15) is 0 Å². The number of halogens is 1. The van der Waals surface area contributed by atoms with Crippen LogP contribution in [0.5, 0.6) is 0 Å². The van der Waals surface area contributed by atoms with E-state index in [-0.39, 0.29) is 5.82 Å². The Morgan fingerprint density at radius 1 is 1.36 bits per heavy atom. The Bertz CT molecular complexity index is 367. The second-order valence-electron chi connectivity index (χ2n) is 3.15. The van der Waals surface area contributed by atoms with Crippen molar-refractivity contribution in [2.45, 2.75) is 9.64 Å². The van der Waals surface area contributed by atoms with Crippen molar-refractivity contribution >= 4 is 11.8 Å². The average molecular weight is 209 g/mol. The molecule has 1 saturated heterocycles. The second-order valence-corrected chi connectivity index (χ2v) is 4.61. The van der Waals surface area contributed by atoms with Gasteiger partial charge in [0.15, 0.2) is 4.75 Å². The summed E-state index contributed by atoms with van der Waals surface area (Å²) in [5.74, 6) is -0.259. The minimum absolute atomic E-state index is 0.259. The lowest BCUT2D eigenvalue weighted by Gasteiger charge is -2.34. The van der Waals surface area contributed by atoms with Gasteiger partial charge in [0.1, 0.15) is 5.82 Å². The molecular formula is C10H8FNOS. The normalized spacial score (nSPS) is 18.3. The Kier molecular flexibility index (Phi) is 2.44. The molecule has 0 spiro atoms. The third kappa shape index (κ3) is 1.74. The lowest BCUT2D eigenvalue weighted by Crippen LogP contribution is -2.45. The van der Waals surface area contributed by atoms with E-state index in [1.807, 2.05) is 0 Å². The topological polar surface area (TPSA) is 33.0 Å². The first-order chi connectivity index (χ1) is 6.74. The molecule has 2 rings (SSSR count). The van der Waals surface area contributed by atoms with Crippen LogP contribution in [0.15, 0.2) is 29.2 Å². The highest BCUT2D eigenvalue weighted by molar-refractivity contribution is 8.01. The molecule has 14 heavy (non-hydrogen) atoms. The first-order valence-corrected chi connectivity index (χ1v) is 4.99. The predicted octanol–water partition coefficient (Wildman–Crippen LogP) is 2.21. The van der Waals surface area contributed by atoms with Crippen LogP contribution < -0.4 is 0 Å². The molecule has 0 N–H and O–H groups in total. The van der Waals surface area contributed by atoms with Crippen molar-refractivity contribution in [3.05, 3.63) is 30.1 Å². The molecule has 0 saturated carbocycles. The van der Waals surface area contributed by atoms with Crippen LogP contribution in [0.2, 0.25) is 0 Å². The van der Waals surface area contributed by atoms with Crippen LogP contribution in [0.3, 0.4) is 0 Å². The summed E-state index contributed by atoms with van der Waals surface area (Å²) in [4.78, 5) is 0.899. The Hall–Kier alpha value is -1.05. The smallest absolute Gasteiger partial charge is 0.153 e. The maximum Gasteiger partial charge on any atom is 0.153 e. The highest BCUT2D eigenvalue weighted by Crippen LogP contribution is 2.37. The van der Waals surface area contributed by atoms with Crippen LogP contribution >= 0.6 is 11.8 Å². The first-order valence-electron chi connectivity index (χ1n) is 4.18. The maximum atomic E-state index is 12.6. The molecule has 0 unspecified atom stereocenters. The molecule has 0 atom stereocenters. The van der Waals surface area contributed by atoms with E-state index in [1.54, 1.807) is 12.1 Å². The fraction of sp³-hybridized carbons (Fsp3) is 0.300. The maximum absolute atomic E-state index is 12.6. The van der Waals surface area contributed by atoms with E-state index in [2.05, 4.69) is 6.07 Å². The van der Waals surface area contributed by atoms with Gasteiger partial charge in [-0.05, 0) is 24.3 Å². The van der Waals surface area contributed by atoms with Gasteiger partial charge in [0, 0.05) is 4.90 Å². The Balaban J connectivity index is 2.11. The summed E-state index contributed by atoms with van der Waals surface area (Å²) in [6, 6.07) is 8.37. The summed E-state index contributed by atoms with van der Waals surface area (Å²) in [7, 11) is 0. The molecule has 0 radical (unpaired) electrons. The number of benzene rings is 1. The van der Waals surface area contributed by atoms with E-state index in [0.29, 0.717) is 13.2 Å². The average Bonchev–Trinajstić information content (AvgIpc) is 2.15. The second kappa shape index (κ2) is 3.60. The van der Waals surface area contributed by atoms with Gasteiger partial charge in [-0.1, -0.05) is 11.8 Å². The van der Waals surface area contributed by atoms with Gasteiger partial charge in [-0.15, -0.1) is 0 Å². The summed E-state index contributed by atoms with van der Waals surface area (Å²) in [6.45, 7) is 0.900. The molecule has 1 fully saturated rings. The Labute approximate surface area is 85.7 Å². The van der Waals surface area contributed by atoms with Crippen molar-refractivity contribution in [1.29, 1.82) is 5.26 Å². The number of thioether (sulfide) groups is 1. The van der Waals surface area contributed by atoms with Gasteiger partial charge in [-0.3, -0.25) is 0 Å². The molecule has 1 aliphatic heterocycles. The molecule has 0 aliphatic carbocycles. The minimum atomic E-state index is -0.460. The van der Waals surface area contributed by atoms with Gasteiger partial charge >= 0.3 is 0 Å². The molecule has 72 valence electrons. The summed E-state index contributed by atoms with van der Waals surface area (Å²) < 4.78 is 17.1. The zero-order valence-corrected chi connectivity index (χ0v) is 8.18. The fourth-order valence-electron chi connectivity index (χ4n) is 1.16. The van der Waals surface area contributed by atoms with Crippen LogP contribution in [-0.2, 0) is 4.74 Å². The van der Waals surface area contributed by atoms with Crippen molar-refractivity contribution in [3.63, 3.8) is 0 Å². The highest BCUT2D eigenvalue weighted by Gasteiger charge is 2.40. The van der Waals surface area contributed by atoms with E-state index >= 15 is 0 Å². The van der Waals surface area contributed by atoms with Gasteiger partial charge in [0.25, 0.3) is 0 Å². The third-order valence-electron chi connectivity index (χ3n) is 2.00. The quantitative estimate of drug-likeness (QED) is 0.748. The van der Waals surface area contributed by atoms with Crippen molar-refractivity contribution in [2.75, 3.05) is 13.2 Å². The molecule has 1 aliphatic rings. The van der Waals surface area contributed by atoms with E-state index in [0.717, 1.165) is 4.90 Å². The Morgan fingerprint density at radius 3 is 2.43 bits per heavy atom. The molecule has 1 aromatic carbocycles. The monoisotopic (exact) mass is 209 g/mol. The molecule has 0 bridgehead atoms.